The summed E-state index contributed by atoms with van der Waals surface area (Å²) >= 11 is 1.34. The molecule has 1 atom stereocenters. The average molecular weight is 281 g/mol. The van der Waals surface area contributed by atoms with E-state index in [0.29, 0.717) is 6.42 Å². The Kier molecular flexibility index (Phi) is 5.15. The van der Waals surface area contributed by atoms with Gasteiger partial charge in [0.25, 0.3) is 0 Å². The van der Waals surface area contributed by atoms with Crippen molar-refractivity contribution < 1.29 is 23.1 Å². The molecule has 1 aromatic heterocycles. The van der Waals surface area contributed by atoms with Gasteiger partial charge in [-0.1, -0.05) is 13.0 Å². The second kappa shape index (κ2) is 6.19. The summed E-state index contributed by atoms with van der Waals surface area (Å²) in [6.45, 7) is -0.0821. The van der Waals surface area contributed by atoms with E-state index in [1.54, 1.807) is 24.4 Å². The topological polar surface area (TPSA) is 40.5 Å². The molecule has 0 saturated heterocycles. The van der Waals surface area contributed by atoms with Gasteiger partial charge in [0.2, 0.25) is 0 Å². The number of aliphatic carboxylic acids is 1. The van der Waals surface area contributed by atoms with Gasteiger partial charge >= 0.3 is 12.1 Å². The van der Waals surface area contributed by atoms with Crippen LogP contribution in [0, 0.1) is 0 Å². The average Bonchev–Trinajstić information content (AvgIpc) is 2.68. The van der Waals surface area contributed by atoms with E-state index in [4.69, 9.17) is 5.11 Å². The Hall–Kier alpha value is -1.08. The van der Waals surface area contributed by atoms with Gasteiger partial charge in [-0.05, 0) is 17.9 Å². The molecule has 0 fully saturated rings. The molecule has 1 aromatic rings. The Bertz CT molecular complexity index is 378. The zero-order valence-corrected chi connectivity index (χ0v) is 10.6. The van der Waals surface area contributed by atoms with Gasteiger partial charge in [-0.15, -0.1) is 11.3 Å². The van der Waals surface area contributed by atoms with Gasteiger partial charge in [-0.25, -0.2) is 0 Å². The number of hydrogen-bond acceptors (Lipinski definition) is 3. The van der Waals surface area contributed by atoms with Crippen LogP contribution in [0.5, 0.6) is 0 Å². The highest BCUT2D eigenvalue weighted by Crippen LogP contribution is 2.30. The minimum Gasteiger partial charge on any atom is -0.480 e. The van der Waals surface area contributed by atoms with Crippen LogP contribution in [-0.4, -0.2) is 35.2 Å². The van der Waals surface area contributed by atoms with Gasteiger partial charge < -0.3 is 5.11 Å². The van der Waals surface area contributed by atoms with Crippen LogP contribution in [0.2, 0.25) is 0 Å². The maximum atomic E-state index is 12.5. The SMILES string of the molecule is CCC(c1cccs1)N(CC(=O)O)CC(F)(F)F. The molecule has 0 amide bonds. The van der Waals surface area contributed by atoms with E-state index in [-0.39, 0.29) is 0 Å². The van der Waals surface area contributed by atoms with Crippen molar-refractivity contribution >= 4 is 17.3 Å². The predicted octanol–water partition coefficient (Wildman–Crippen LogP) is 3.15. The third-order valence-corrected chi connectivity index (χ3v) is 3.39. The maximum absolute atomic E-state index is 12.5. The first-order valence-corrected chi connectivity index (χ1v) is 6.27. The number of carbonyl (C=O) groups is 1. The van der Waals surface area contributed by atoms with Crippen molar-refractivity contribution in [3.8, 4) is 0 Å². The van der Waals surface area contributed by atoms with E-state index in [0.717, 1.165) is 9.78 Å². The molecule has 0 aromatic carbocycles. The summed E-state index contributed by atoms with van der Waals surface area (Å²) in [6, 6.07) is 2.96. The summed E-state index contributed by atoms with van der Waals surface area (Å²) in [5.74, 6) is -1.26. The van der Waals surface area contributed by atoms with Crippen LogP contribution in [0.15, 0.2) is 17.5 Å². The summed E-state index contributed by atoms with van der Waals surface area (Å²) in [6.07, 6.45) is -3.97. The standard InChI is InChI=1S/C11H14F3NO2S/c1-2-8(9-4-3-5-18-9)15(6-10(16)17)7-11(12,13)14/h3-5,8H,2,6-7H2,1H3,(H,16,17). The molecule has 0 aliphatic heterocycles. The highest BCUT2D eigenvalue weighted by atomic mass is 32.1. The molecule has 1 heterocycles. The fraction of sp³-hybridized carbons (Fsp3) is 0.545. The minimum atomic E-state index is -4.40. The fourth-order valence-electron chi connectivity index (χ4n) is 1.80. The third kappa shape index (κ3) is 4.66. The lowest BCUT2D eigenvalue weighted by Crippen LogP contribution is -2.40. The lowest BCUT2D eigenvalue weighted by atomic mass is 10.1. The van der Waals surface area contributed by atoms with Crippen molar-refractivity contribution in [3.63, 3.8) is 0 Å². The van der Waals surface area contributed by atoms with Gasteiger partial charge in [-0.2, -0.15) is 13.2 Å². The Balaban J connectivity index is 2.89. The number of thiophene rings is 1. The first kappa shape index (κ1) is 15.0. The number of halogens is 3. The van der Waals surface area contributed by atoms with Gasteiger partial charge in [0.1, 0.15) is 0 Å². The Labute approximate surface area is 107 Å². The molecule has 1 N–H and O–H groups in total. The largest absolute Gasteiger partial charge is 0.480 e. The molecule has 1 rings (SSSR count). The second-order valence-corrected chi connectivity index (χ2v) is 4.83. The molecule has 18 heavy (non-hydrogen) atoms. The maximum Gasteiger partial charge on any atom is 0.401 e. The van der Waals surface area contributed by atoms with Crippen molar-refractivity contribution in [2.24, 2.45) is 0 Å². The summed E-state index contributed by atoms with van der Waals surface area (Å²) in [5.41, 5.74) is 0. The molecule has 3 nitrogen and oxygen atoms in total. The highest BCUT2D eigenvalue weighted by molar-refractivity contribution is 7.10. The first-order chi connectivity index (χ1) is 8.33. The molecule has 0 saturated carbocycles. The lowest BCUT2D eigenvalue weighted by molar-refractivity contribution is -0.158. The normalized spacial score (nSPS) is 13.8. The molecule has 7 heteroatoms. The lowest BCUT2D eigenvalue weighted by Gasteiger charge is -2.29. The number of rotatable bonds is 6. The molecule has 102 valence electrons. The summed E-state index contributed by atoms with van der Waals surface area (Å²) in [7, 11) is 0. The highest BCUT2D eigenvalue weighted by Gasteiger charge is 2.35. The zero-order chi connectivity index (χ0) is 13.8. The molecular weight excluding hydrogens is 267 g/mol. The van der Waals surface area contributed by atoms with Gasteiger partial charge in [0.05, 0.1) is 13.1 Å². The Morgan fingerprint density at radius 1 is 1.56 bits per heavy atom. The second-order valence-electron chi connectivity index (χ2n) is 3.85. The van der Waals surface area contributed by atoms with Crippen LogP contribution < -0.4 is 0 Å². The monoisotopic (exact) mass is 281 g/mol. The molecule has 0 aliphatic carbocycles. The van der Waals surface area contributed by atoms with Crippen LogP contribution in [0.25, 0.3) is 0 Å². The molecule has 0 bridgehead atoms. The zero-order valence-electron chi connectivity index (χ0n) is 9.78. The van der Waals surface area contributed by atoms with Crippen molar-refractivity contribution in [1.29, 1.82) is 0 Å². The third-order valence-electron chi connectivity index (χ3n) is 2.42. The van der Waals surface area contributed by atoms with Crippen molar-refractivity contribution in [2.75, 3.05) is 13.1 Å². The summed E-state index contributed by atoms with van der Waals surface area (Å²) in [5, 5.41) is 10.5. The minimum absolute atomic E-state index is 0.434. The van der Waals surface area contributed by atoms with Crippen LogP contribution in [-0.2, 0) is 4.79 Å². The van der Waals surface area contributed by atoms with Crippen LogP contribution in [0.4, 0.5) is 13.2 Å². The van der Waals surface area contributed by atoms with E-state index in [2.05, 4.69) is 0 Å². The van der Waals surface area contributed by atoms with Crippen molar-refractivity contribution in [2.45, 2.75) is 25.6 Å². The van der Waals surface area contributed by atoms with Gasteiger partial charge in [-0.3, -0.25) is 9.69 Å². The smallest absolute Gasteiger partial charge is 0.401 e. The van der Waals surface area contributed by atoms with E-state index >= 15 is 0 Å². The summed E-state index contributed by atoms with van der Waals surface area (Å²) < 4.78 is 37.4. The number of carboxylic acids is 1. The van der Waals surface area contributed by atoms with Crippen LogP contribution >= 0.6 is 11.3 Å². The predicted molar refractivity (Wildman–Crippen MR) is 62.6 cm³/mol. The Morgan fingerprint density at radius 2 is 2.22 bits per heavy atom. The number of nitrogens with zero attached hydrogens (tertiary/aromatic N) is 1. The quantitative estimate of drug-likeness (QED) is 0.870. The van der Waals surface area contributed by atoms with Crippen LogP contribution in [0.3, 0.4) is 0 Å². The van der Waals surface area contributed by atoms with Gasteiger partial charge in [0.15, 0.2) is 0 Å². The van der Waals surface area contributed by atoms with Crippen molar-refractivity contribution in [1.82, 2.24) is 4.90 Å². The number of alkyl halides is 3. The molecule has 1 unspecified atom stereocenters. The van der Waals surface area contributed by atoms with E-state index in [1.165, 1.54) is 11.3 Å². The molecule has 0 spiro atoms. The van der Waals surface area contributed by atoms with Gasteiger partial charge in [0, 0.05) is 10.9 Å². The first-order valence-electron chi connectivity index (χ1n) is 5.39. The van der Waals surface area contributed by atoms with E-state index < -0.39 is 31.3 Å². The summed E-state index contributed by atoms with van der Waals surface area (Å²) in [4.78, 5) is 12.4. The van der Waals surface area contributed by atoms with E-state index in [1.807, 2.05) is 0 Å². The number of hydrogen-bond donors (Lipinski definition) is 1. The molecule has 0 radical (unpaired) electrons. The fourth-order valence-corrected chi connectivity index (χ4v) is 2.74. The van der Waals surface area contributed by atoms with Crippen molar-refractivity contribution in [3.05, 3.63) is 22.4 Å². The molecular formula is C11H14F3NO2S. The number of carboxylic acid groups (broad SMARTS) is 1. The van der Waals surface area contributed by atoms with Crippen LogP contribution in [0.1, 0.15) is 24.3 Å². The Morgan fingerprint density at radius 3 is 2.61 bits per heavy atom. The van der Waals surface area contributed by atoms with E-state index in [9.17, 15) is 18.0 Å². The molecule has 0 aliphatic rings.